The highest BCUT2D eigenvalue weighted by Gasteiger charge is 2.30. The van der Waals surface area contributed by atoms with Gasteiger partial charge in [-0.05, 0) is 23.8 Å². The quantitative estimate of drug-likeness (QED) is 0.730. The molecule has 0 amide bonds. The van der Waals surface area contributed by atoms with E-state index >= 15 is 0 Å². The molecule has 1 aromatic carbocycles. The molecule has 0 N–H and O–H groups in total. The zero-order valence-electron chi connectivity index (χ0n) is 10.7. The van der Waals surface area contributed by atoms with Gasteiger partial charge in [0.15, 0.2) is 0 Å². The summed E-state index contributed by atoms with van der Waals surface area (Å²) in [6, 6.07) is 7.06. The van der Waals surface area contributed by atoms with Crippen molar-refractivity contribution in [3.05, 3.63) is 59.2 Å². The third-order valence-electron chi connectivity index (χ3n) is 2.89. The van der Waals surface area contributed by atoms with Crippen LogP contribution in [0.1, 0.15) is 11.1 Å². The van der Waals surface area contributed by atoms with E-state index in [1.54, 1.807) is 29.2 Å². The van der Waals surface area contributed by atoms with Crippen molar-refractivity contribution in [2.24, 2.45) is 0 Å². The van der Waals surface area contributed by atoms with Crippen molar-refractivity contribution in [3.8, 4) is 10.7 Å². The minimum atomic E-state index is -4.33. The van der Waals surface area contributed by atoms with Gasteiger partial charge in [0.05, 0.1) is 12.1 Å². The fourth-order valence-electron chi connectivity index (χ4n) is 1.95. The first-order valence-corrected chi connectivity index (χ1v) is 7.00. The van der Waals surface area contributed by atoms with E-state index in [1.165, 1.54) is 17.4 Å². The minimum absolute atomic E-state index is 0.287. The average molecular weight is 309 g/mol. The molecule has 0 spiro atoms. The van der Waals surface area contributed by atoms with Gasteiger partial charge in [0.25, 0.3) is 0 Å². The molecule has 0 unspecified atom stereocenters. The van der Waals surface area contributed by atoms with Crippen molar-refractivity contribution in [1.82, 2.24) is 14.8 Å². The van der Waals surface area contributed by atoms with E-state index in [1.807, 2.05) is 5.38 Å². The van der Waals surface area contributed by atoms with E-state index in [0.717, 1.165) is 22.8 Å². The molecule has 3 rings (SSSR count). The van der Waals surface area contributed by atoms with E-state index in [9.17, 15) is 13.2 Å². The number of aromatic nitrogens is 3. The van der Waals surface area contributed by atoms with Gasteiger partial charge in [-0.15, -0.1) is 11.3 Å². The normalized spacial score (nSPS) is 11.8. The molecule has 0 aliphatic heterocycles. The first kappa shape index (κ1) is 13.8. The van der Waals surface area contributed by atoms with Crippen molar-refractivity contribution < 1.29 is 13.2 Å². The molecule has 0 radical (unpaired) electrons. The molecule has 3 aromatic rings. The molecule has 2 aromatic heterocycles. The Morgan fingerprint density at radius 3 is 2.76 bits per heavy atom. The maximum atomic E-state index is 12.7. The van der Waals surface area contributed by atoms with Gasteiger partial charge in [0.2, 0.25) is 0 Å². The standard InChI is InChI=1S/C14H10F3N3S/c15-14(16,17)11-3-1-2-10(8-11)9-20-6-4-12(19-20)13-18-5-7-21-13/h1-8H,9H2. The summed E-state index contributed by atoms with van der Waals surface area (Å²) in [6.45, 7) is 0.287. The summed E-state index contributed by atoms with van der Waals surface area (Å²) >= 11 is 1.47. The largest absolute Gasteiger partial charge is 0.416 e. The first-order chi connectivity index (χ1) is 10.0. The summed E-state index contributed by atoms with van der Waals surface area (Å²) < 4.78 is 39.6. The lowest BCUT2D eigenvalue weighted by atomic mass is 10.1. The van der Waals surface area contributed by atoms with Crippen LogP contribution in [0.15, 0.2) is 48.1 Å². The number of halogens is 3. The van der Waals surface area contributed by atoms with E-state index < -0.39 is 11.7 Å². The molecule has 0 fully saturated rings. The van der Waals surface area contributed by atoms with Gasteiger partial charge in [0, 0.05) is 17.8 Å². The van der Waals surface area contributed by atoms with Crippen LogP contribution < -0.4 is 0 Å². The molecule has 0 aliphatic carbocycles. The Morgan fingerprint density at radius 2 is 2.05 bits per heavy atom. The monoisotopic (exact) mass is 309 g/mol. The second-order valence-corrected chi connectivity index (χ2v) is 5.33. The lowest BCUT2D eigenvalue weighted by Gasteiger charge is -2.08. The predicted octanol–water partition coefficient (Wildman–Crippen LogP) is 4.07. The van der Waals surface area contributed by atoms with Crippen LogP contribution in [0.3, 0.4) is 0 Å². The van der Waals surface area contributed by atoms with Crippen LogP contribution in [-0.4, -0.2) is 14.8 Å². The van der Waals surface area contributed by atoms with Gasteiger partial charge < -0.3 is 0 Å². The summed E-state index contributed by atoms with van der Waals surface area (Å²) in [6.07, 6.45) is -0.908. The molecule has 0 saturated carbocycles. The Bertz CT molecular complexity index is 732. The Kier molecular flexibility index (Phi) is 3.50. The lowest BCUT2D eigenvalue weighted by molar-refractivity contribution is -0.137. The van der Waals surface area contributed by atoms with E-state index in [2.05, 4.69) is 10.1 Å². The van der Waals surface area contributed by atoms with Crippen molar-refractivity contribution in [2.75, 3.05) is 0 Å². The highest BCUT2D eigenvalue weighted by Crippen LogP contribution is 2.29. The summed E-state index contributed by atoms with van der Waals surface area (Å²) in [5.74, 6) is 0. The lowest BCUT2D eigenvalue weighted by Crippen LogP contribution is -2.07. The third-order valence-corrected chi connectivity index (χ3v) is 3.69. The second kappa shape index (κ2) is 5.33. The molecule has 0 atom stereocenters. The van der Waals surface area contributed by atoms with Gasteiger partial charge in [-0.1, -0.05) is 12.1 Å². The molecule has 7 heteroatoms. The minimum Gasteiger partial charge on any atom is -0.268 e. The van der Waals surface area contributed by atoms with Crippen LogP contribution in [0.4, 0.5) is 13.2 Å². The van der Waals surface area contributed by atoms with Crippen molar-refractivity contribution in [1.29, 1.82) is 0 Å². The summed E-state index contributed by atoms with van der Waals surface area (Å²) in [5.41, 5.74) is 0.628. The van der Waals surface area contributed by atoms with Crippen LogP contribution in [0.25, 0.3) is 10.7 Å². The SMILES string of the molecule is FC(F)(F)c1cccc(Cn2ccc(-c3nccs3)n2)c1. The van der Waals surface area contributed by atoms with Gasteiger partial charge in [-0.2, -0.15) is 18.3 Å². The zero-order chi connectivity index (χ0) is 14.9. The molecule has 0 bridgehead atoms. The third kappa shape index (κ3) is 3.13. The van der Waals surface area contributed by atoms with Crippen molar-refractivity contribution in [2.45, 2.75) is 12.7 Å². The smallest absolute Gasteiger partial charge is 0.268 e. The maximum Gasteiger partial charge on any atom is 0.416 e. The highest BCUT2D eigenvalue weighted by atomic mass is 32.1. The topological polar surface area (TPSA) is 30.7 Å². The Labute approximate surface area is 122 Å². The molecular weight excluding hydrogens is 299 g/mol. The van der Waals surface area contributed by atoms with E-state index in [-0.39, 0.29) is 6.54 Å². The van der Waals surface area contributed by atoms with E-state index in [0.29, 0.717) is 5.56 Å². The Morgan fingerprint density at radius 1 is 1.19 bits per heavy atom. The summed E-state index contributed by atoms with van der Waals surface area (Å²) in [4.78, 5) is 4.15. The summed E-state index contributed by atoms with van der Waals surface area (Å²) in [5, 5.41) is 6.96. The second-order valence-electron chi connectivity index (χ2n) is 4.43. The number of thiazole rings is 1. The molecule has 3 nitrogen and oxygen atoms in total. The molecule has 2 heterocycles. The predicted molar refractivity (Wildman–Crippen MR) is 73.9 cm³/mol. The van der Waals surface area contributed by atoms with Crippen LogP contribution in [0, 0.1) is 0 Å². The van der Waals surface area contributed by atoms with Crippen LogP contribution in [0.2, 0.25) is 0 Å². The molecule has 0 aliphatic rings. The van der Waals surface area contributed by atoms with Crippen molar-refractivity contribution in [3.63, 3.8) is 0 Å². The van der Waals surface area contributed by atoms with Crippen molar-refractivity contribution >= 4 is 11.3 Å². The number of nitrogens with zero attached hydrogens (tertiary/aromatic N) is 3. The fourth-order valence-corrected chi connectivity index (χ4v) is 2.55. The average Bonchev–Trinajstić information content (AvgIpc) is 3.08. The van der Waals surface area contributed by atoms with Gasteiger partial charge >= 0.3 is 6.18 Å². The van der Waals surface area contributed by atoms with Gasteiger partial charge in [-0.3, -0.25) is 4.68 Å². The van der Waals surface area contributed by atoms with Crippen LogP contribution in [-0.2, 0) is 12.7 Å². The van der Waals surface area contributed by atoms with Crippen LogP contribution >= 0.6 is 11.3 Å². The molecule has 0 saturated heterocycles. The maximum absolute atomic E-state index is 12.7. The van der Waals surface area contributed by atoms with Gasteiger partial charge in [-0.25, -0.2) is 4.98 Å². The number of hydrogen-bond donors (Lipinski definition) is 0. The van der Waals surface area contributed by atoms with Crippen LogP contribution in [0.5, 0.6) is 0 Å². The van der Waals surface area contributed by atoms with E-state index in [4.69, 9.17) is 0 Å². The number of benzene rings is 1. The summed E-state index contributed by atoms with van der Waals surface area (Å²) in [7, 11) is 0. The number of rotatable bonds is 3. The fraction of sp³-hybridized carbons (Fsp3) is 0.143. The molecule has 108 valence electrons. The highest BCUT2D eigenvalue weighted by molar-refractivity contribution is 7.13. The number of alkyl halides is 3. The Balaban J connectivity index is 1.81. The Hall–Kier alpha value is -2.15. The molecule has 21 heavy (non-hydrogen) atoms. The molecular formula is C14H10F3N3S. The first-order valence-electron chi connectivity index (χ1n) is 6.12. The number of hydrogen-bond acceptors (Lipinski definition) is 3. The zero-order valence-corrected chi connectivity index (χ0v) is 11.5. The van der Waals surface area contributed by atoms with Gasteiger partial charge in [0.1, 0.15) is 10.7 Å².